The van der Waals surface area contributed by atoms with Crippen molar-refractivity contribution in [1.82, 2.24) is 9.78 Å². The number of benzene rings is 1. The predicted octanol–water partition coefficient (Wildman–Crippen LogP) is 2.45. The van der Waals surface area contributed by atoms with Crippen LogP contribution in [0.1, 0.15) is 5.56 Å². The molecule has 0 aliphatic carbocycles. The number of nitrogens with two attached hydrogens (primary N) is 1. The van der Waals surface area contributed by atoms with Crippen molar-refractivity contribution in [3.05, 3.63) is 41.2 Å². The van der Waals surface area contributed by atoms with Gasteiger partial charge in [-0.1, -0.05) is 23.8 Å². The van der Waals surface area contributed by atoms with Gasteiger partial charge in [-0.25, -0.2) is 0 Å². The van der Waals surface area contributed by atoms with Gasteiger partial charge in [0.2, 0.25) is 0 Å². The quantitative estimate of drug-likeness (QED) is 0.838. The van der Waals surface area contributed by atoms with E-state index in [1.54, 1.807) is 23.0 Å². The lowest BCUT2D eigenvalue weighted by atomic mass is 10.1. The summed E-state index contributed by atoms with van der Waals surface area (Å²) in [6, 6.07) is 5.36. The van der Waals surface area contributed by atoms with E-state index < -0.39 is 0 Å². The predicted molar refractivity (Wildman–Crippen MR) is 73.8 cm³/mol. The minimum atomic E-state index is 0.305. The molecule has 0 aliphatic heterocycles. The molecule has 0 radical (unpaired) electrons. The van der Waals surface area contributed by atoms with E-state index in [-0.39, 0.29) is 0 Å². The van der Waals surface area contributed by atoms with Crippen LogP contribution in [0.15, 0.2) is 30.6 Å². The summed E-state index contributed by atoms with van der Waals surface area (Å²) >= 11 is 10.9. The standard InChI is InChI=1S/C11H11ClN4S/c1-16-6-8(5-14-16)15-10-3-2-7(12)4-9(10)11(13)17/h2-6,15H,1H3,(H2,13,17). The van der Waals surface area contributed by atoms with Crippen LogP contribution in [0.4, 0.5) is 11.4 Å². The lowest BCUT2D eigenvalue weighted by Crippen LogP contribution is -2.11. The van der Waals surface area contributed by atoms with Crippen LogP contribution >= 0.6 is 23.8 Å². The second-order valence-corrected chi connectivity index (χ2v) is 4.46. The molecule has 1 aromatic carbocycles. The highest BCUT2D eigenvalue weighted by molar-refractivity contribution is 7.80. The average Bonchev–Trinajstić information content (AvgIpc) is 2.66. The van der Waals surface area contributed by atoms with Gasteiger partial charge in [0, 0.05) is 29.5 Å². The maximum atomic E-state index is 5.91. The number of aromatic nitrogens is 2. The van der Waals surface area contributed by atoms with Crippen LogP contribution in [-0.2, 0) is 7.05 Å². The zero-order valence-electron chi connectivity index (χ0n) is 9.14. The number of nitrogens with zero attached hydrogens (tertiary/aromatic N) is 2. The molecule has 0 fully saturated rings. The third-order valence-corrected chi connectivity index (χ3v) is 2.69. The molecule has 2 aromatic rings. The molecule has 17 heavy (non-hydrogen) atoms. The van der Waals surface area contributed by atoms with E-state index >= 15 is 0 Å². The highest BCUT2D eigenvalue weighted by Crippen LogP contribution is 2.23. The zero-order chi connectivity index (χ0) is 12.4. The maximum Gasteiger partial charge on any atom is 0.106 e. The monoisotopic (exact) mass is 266 g/mol. The first-order valence-electron chi connectivity index (χ1n) is 4.91. The van der Waals surface area contributed by atoms with E-state index in [4.69, 9.17) is 29.6 Å². The largest absolute Gasteiger partial charge is 0.389 e. The van der Waals surface area contributed by atoms with Gasteiger partial charge in [0.1, 0.15) is 4.99 Å². The summed E-state index contributed by atoms with van der Waals surface area (Å²) < 4.78 is 1.71. The van der Waals surface area contributed by atoms with Gasteiger partial charge >= 0.3 is 0 Å². The first kappa shape index (κ1) is 11.9. The van der Waals surface area contributed by atoms with Crippen molar-refractivity contribution in [3.63, 3.8) is 0 Å². The van der Waals surface area contributed by atoms with E-state index in [1.807, 2.05) is 19.3 Å². The summed E-state index contributed by atoms with van der Waals surface area (Å²) in [5.41, 5.74) is 8.06. The van der Waals surface area contributed by atoms with Crippen LogP contribution in [0.5, 0.6) is 0 Å². The highest BCUT2D eigenvalue weighted by Gasteiger charge is 2.07. The highest BCUT2D eigenvalue weighted by atomic mass is 35.5. The fourth-order valence-electron chi connectivity index (χ4n) is 1.47. The molecular weight excluding hydrogens is 256 g/mol. The van der Waals surface area contributed by atoms with Crippen molar-refractivity contribution < 1.29 is 0 Å². The van der Waals surface area contributed by atoms with E-state index in [0.717, 1.165) is 16.9 Å². The first-order chi connectivity index (χ1) is 8.06. The van der Waals surface area contributed by atoms with E-state index in [1.165, 1.54) is 0 Å². The molecule has 3 N–H and O–H groups in total. The number of nitrogens with one attached hydrogen (secondary N) is 1. The normalized spacial score (nSPS) is 10.2. The van der Waals surface area contributed by atoms with Crippen molar-refractivity contribution in [1.29, 1.82) is 0 Å². The molecule has 0 saturated heterocycles. The molecule has 88 valence electrons. The average molecular weight is 267 g/mol. The van der Waals surface area contributed by atoms with Crippen molar-refractivity contribution in [3.8, 4) is 0 Å². The Labute approximate surface area is 109 Å². The fourth-order valence-corrected chi connectivity index (χ4v) is 1.81. The summed E-state index contributed by atoms with van der Waals surface area (Å²) in [4.78, 5) is 0.305. The van der Waals surface area contributed by atoms with E-state index in [2.05, 4.69) is 10.4 Å². The number of hydrogen-bond donors (Lipinski definition) is 2. The number of rotatable bonds is 3. The van der Waals surface area contributed by atoms with Crippen LogP contribution in [0.3, 0.4) is 0 Å². The van der Waals surface area contributed by atoms with Gasteiger partial charge in [-0.3, -0.25) is 4.68 Å². The summed E-state index contributed by atoms with van der Waals surface area (Å²) in [5, 5.41) is 7.86. The number of hydrogen-bond acceptors (Lipinski definition) is 3. The van der Waals surface area contributed by atoms with Crippen LogP contribution in [-0.4, -0.2) is 14.8 Å². The topological polar surface area (TPSA) is 55.9 Å². The van der Waals surface area contributed by atoms with Crippen LogP contribution in [0, 0.1) is 0 Å². The van der Waals surface area contributed by atoms with E-state index in [9.17, 15) is 0 Å². The molecule has 6 heteroatoms. The van der Waals surface area contributed by atoms with Gasteiger partial charge < -0.3 is 11.1 Å². The van der Waals surface area contributed by atoms with Crippen LogP contribution in [0.25, 0.3) is 0 Å². The molecule has 1 aromatic heterocycles. The Hall–Kier alpha value is -1.59. The summed E-state index contributed by atoms with van der Waals surface area (Å²) in [5.74, 6) is 0. The number of anilines is 2. The van der Waals surface area contributed by atoms with Crippen molar-refractivity contribution in [2.45, 2.75) is 0 Å². The molecule has 0 saturated carbocycles. The number of halogens is 1. The van der Waals surface area contributed by atoms with Crippen LogP contribution in [0.2, 0.25) is 5.02 Å². The third-order valence-electron chi connectivity index (χ3n) is 2.23. The maximum absolute atomic E-state index is 5.91. The Balaban J connectivity index is 2.35. The SMILES string of the molecule is Cn1cc(Nc2ccc(Cl)cc2C(N)=S)cn1. The lowest BCUT2D eigenvalue weighted by molar-refractivity contribution is 0.768. The van der Waals surface area contributed by atoms with Gasteiger partial charge in [0.15, 0.2) is 0 Å². The Kier molecular flexibility index (Phi) is 3.31. The smallest absolute Gasteiger partial charge is 0.106 e. The van der Waals surface area contributed by atoms with Gasteiger partial charge in [-0.2, -0.15) is 5.10 Å². The van der Waals surface area contributed by atoms with Crippen LogP contribution < -0.4 is 11.1 Å². The molecule has 0 unspecified atom stereocenters. The zero-order valence-corrected chi connectivity index (χ0v) is 10.7. The summed E-state index contributed by atoms with van der Waals surface area (Å²) in [7, 11) is 1.85. The number of aryl methyl sites for hydroxylation is 1. The molecule has 2 rings (SSSR count). The third kappa shape index (κ3) is 2.75. The lowest BCUT2D eigenvalue weighted by Gasteiger charge is -2.09. The van der Waals surface area contributed by atoms with E-state index in [0.29, 0.717) is 10.0 Å². The van der Waals surface area contributed by atoms with Gasteiger partial charge in [-0.05, 0) is 18.2 Å². The second-order valence-electron chi connectivity index (χ2n) is 3.58. The molecule has 0 aliphatic rings. The van der Waals surface area contributed by atoms with Crippen molar-refractivity contribution in [2.75, 3.05) is 5.32 Å². The Morgan fingerprint density at radius 2 is 2.29 bits per heavy atom. The van der Waals surface area contributed by atoms with Gasteiger partial charge in [-0.15, -0.1) is 0 Å². The molecular formula is C11H11ClN4S. The molecule has 4 nitrogen and oxygen atoms in total. The molecule has 0 amide bonds. The van der Waals surface area contributed by atoms with Crippen molar-refractivity contribution in [2.24, 2.45) is 12.8 Å². The van der Waals surface area contributed by atoms with Crippen molar-refractivity contribution >= 4 is 40.2 Å². The Morgan fingerprint density at radius 3 is 2.88 bits per heavy atom. The Morgan fingerprint density at radius 1 is 1.53 bits per heavy atom. The first-order valence-corrected chi connectivity index (χ1v) is 5.70. The Bertz CT molecular complexity index is 564. The minimum Gasteiger partial charge on any atom is -0.389 e. The molecule has 0 spiro atoms. The summed E-state index contributed by atoms with van der Waals surface area (Å²) in [6.45, 7) is 0. The molecule has 0 bridgehead atoms. The minimum absolute atomic E-state index is 0.305. The fraction of sp³-hybridized carbons (Fsp3) is 0.0909. The number of thiocarbonyl (C=S) groups is 1. The van der Waals surface area contributed by atoms with Gasteiger partial charge in [0.25, 0.3) is 0 Å². The second kappa shape index (κ2) is 4.73. The summed E-state index contributed by atoms with van der Waals surface area (Å²) in [6.07, 6.45) is 3.58. The molecule has 0 atom stereocenters. The van der Waals surface area contributed by atoms with Gasteiger partial charge in [0.05, 0.1) is 11.9 Å². The molecule has 1 heterocycles.